The molecule has 0 radical (unpaired) electrons. The molecule has 1 aliphatic rings. The van der Waals surface area contributed by atoms with Crippen LogP contribution in [0, 0.1) is 11.8 Å². The van der Waals surface area contributed by atoms with Crippen LogP contribution in [0.15, 0.2) is 0 Å². The molecule has 1 rings (SSSR count). The lowest BCUT2D eigenvalue weighted by Gasteiger charge is -2.34. The third-order valence-electron chi connectivity index (χ3n) is 3.26. The molecule has 2 N–H and O–H groups in total. The van der Waals surface area contributed by atoms with Crippen molar-refractivity contribution in [2.45, 2.75) is 26.3 Å². The number of hydrogen-bond acceptors (Lipinski definition) is 4. The van der Waals surface area contributed by atoms with Crippen molar-refractivity contribution in [1.29, 1.82) is 0 Å². The average molecular weight is 244 g/mol. The van der Waals surface area contributed by atoms with Crippen molar-refractivity contribution in [3.63, 3.8) is 0 Å². The number of methoxy groups -OCH3 is 1. The van der Waals surface area contributed by atoms with E-state index in [-0.39, 0.29) is 0 Å². The maximum atomic E-state index is 6.15. The minimum atomic E-state index is 0.293. The quantitative estimate of drug-likeness (QED) is 0.724. The Kier molecular flexibility index (Phi) is 7.04. The Morgan fingerprint density at radius 1 is 1.47 bits per heavy atom. The van der Waals surface area contributed by atoms with Crippen LogP contribution in [0.25, 0.3) is 0 Å². The van der Waals surface area contributed by atoms with Gasteiger partial charge in [-0.1, -0.05) is 13.8 Å². The SMILES string of the molecule is COCCN(CC(C)C)CC1COCCC1N. The van der Waals surface area contributed by atoms with E-state index in [2.05, 4.69) is 18.7 Å². The van der Waals surface area contributed by atoms with Gasteiger partial charge in [0, 0.05) is 45.3 Å². The van der Waals surface area contributed by atoms with E-state index in [1.54, 1.807) is 7.11 Å². The van der Waals surface area contributed by atoms with E-state index in [4.69, 9.17) is 15.2 Å². The van der Waals surface area contributed by atoms with Crippen LogP contribution in [-0.4, -0.2) is 57.5 Å². The van der Waals surface area contributed by atoms with Gasteiger partial charge in [-0.05, 0) is 12.3 Å². The number of nitrogens with zero attached hydrogens (tertiary/aromatic N) is 1. The molecule has 1 fully saturated rings. The first-order valence-corrected chi connectivity index (χ1v) is 6.68. The molecule has 0 amide bonds. The Balaban J connectivity index is 2.39. The standard InChI is InChI=1S/C13H28N2O2/c1-11(2)8-15(5-7-16-3)9-12-10-17-6-4-13(12)14/h11-13H,4-10,14H2,1-3H3. The first kappa shape index (κ1) is 14.9. The van der Waals surface area contributed by atoms with E-state index >= 15 is 0 Å². The summed E-state index contributed by atoms with van der Waals surface area (Å²) >= 11 is 0. The summed E-state index contributed by atoms with van der Waals surface area (Å²) in [5.41, 5.74) is 6.15. The van der Waals surface area contributed by atoms with Gasteiger partial charge in [-0.25, -0.2) is 0 Å². The van der Waals surface area contributed by atoms with Crippen LogP contribution in [-0.2, 0) is 9.47 Å². The Bertz CT molecular complexity index is 200. The van der Waals surface area contributed by atoms with Crippen LogP contribution >= 0.6 is 0 Å². The van der Waals surface area contributed by atoms with Crippen LogP contribution in [0.3, 0.4) is 0 Å². The zero-order chi connectivity index (χ0) is 12.7. The van der Waals surface area contributed by atoms with E-state index in [0.717, 1.165) is 45.9 Å². The summed E-state index contributed by atoms with van der Waals surface area (Å²) in [5, 5.41) is 0. The van der Waals surface area contributed by atoms with Crippen LogP contribution in [0.1, 0.15) is 20.3 Å². The number of rotatable bonds is 7. The van der Waals surface area contributed by atoms with E-state index in [1.807, 2.05) is 0 Å². The average Bonchev–Trinajstić information content (AvgIpc) is 2.28. The Labute approximate surface area is 105 Å². The third kappa shape index (κ3) is 5.82. The van der Waals surface area contributed by atoms with Crippen molar-refractivity contribution >= 4 is 0 Å². The molecule has 0 aromatic heterocycles. The first-order valence-electron chi connectivity index (χ1n) is 6.68. The lowest BCUT2D eigenvalue weighted by Crippen LogP contribution is -2.46. The second-order valence-corrected chi connectivity index (χ2v) is 5.43. The molecule has 0 aromatic rings. The normalized spacial score (nSPS) is 25.8. The monoisotopic (exact) mass is 244 g/mol. The highest BCUT2D eigenvalue weighted by molar-refractivity contribution is 4.79. The molecule has 0 aromatic carbocycles. The molecule has 0 bridgehead atoms. The molecule has 0 saturated carbocycles. The highest BCUT2D eigenvalue weighted by Gasteiger charge is 2.24. The number of hydrogen-bond donors (Lipinski definition) is 1. The van der Waals surface area contributed by atoms with Gasteiger partial charge in [0.15, 0.2) is 0 Å². The third-order valence-corrected chi connectivity index (χ3v) is 3.26. The summed E-state index contributed by atoms with van der Waals surface area (Å²) in [6, 6.07) is 0.293. The summed E-state index contributed by atoms with van der Waals surface area (Å²) < 4.78 is 10.7. The lowest BCUT2D eigenvalue weighted by molar-refractivity contribution is 0.0205. The fraction of sp³-hybridized carbons (Fsp3) is 1.00. The van der Waals surface area contributed by atoms with E-state index in [0.29, 0.717) is 17.9 Å². The minimum absolute atomic E-state index is 0.293. The summed E-state index contributed by atoms with van der Waals surface area (Å²) in [4.78, 5) is 2.45. The highest BCUT2D eigenvalue weighted by atomic mass is 16.5. The highest BCUT2D eigenvalue weighted by Crippen LogP contribution is 2.15. The fourth-order valence-electron chi connectivity index (χ4n) is 2.33. The van der Waals surface area contributed by atoms with Crippen LogP contribution < -0.4 is 5.73 Å². The zero-order valence-corrected chi connectivity index (χ0v) is 11.5. The second kappa shape index (κ2) is 8.03. The van der Waals surface area contributed by atoms with E-state index < -0.39 is 0 Å². The second-order valence-electron chi connectivity index (χ2n) is 5.43. The van der Waals surface area contributed by atoms with Gasteiger partial charge in [0.2, 0.25) is 0 Å². The molecular weight excluding hydrogens is 216 g/mol. The summed E-state index contributed by atoms with van der Waals surface area (Å²) in [6.45, 7) is 10.0. The predicted octanol–water partition coefficient (Wildman–Crippen LogP) is 0.955. The molecule has 4 heteroatoms. The van der Waals surface area contributed by atoms with Gasteiger partial charge < -0.3 is 20.1 Å². The zero-order valence-electron chi connectivity index (χ0n) is 11.5. The molecule has 2 unspecified atom stereocenters. The molecule has 1 aliphatic heterocycles. The molecule has 102 valence electrons. The molecule has 2 atom stereocenters. The smallest absolute Gasteiger partial charge is 0.0589 e. The maximum Gasteiger partial charge on any atom is 0.0589 e. The van der Waals surface area contributed by atoms with Crippen LogP contribution in [0.4, 0.5) is 0 Å². The first-order chi connectivity index (χ1) is 8.13. The maximum absolute atomic E-state index is 6.15. The van der Waals surface area contributed by atoms with Gasteiger partial charge in [-0.15, -0.1) is 0 Å². The largest absolute Gasteiger partial charge is 0.383 e. The van der Waals surface area contributed by atoms with Crippen molar-refractivity contribution in [2.24, 2.45) is 17.6 Å². The number of nitrogens with two attached hydrogens (primary N) is 1. The van der Waals surface area contributed by atoms with Crippen molar-refractivity contribution in [1.82, 2.24) is 4.90 Å². The van der Waals surface area contributed by atoms with Gasteiger partial charge in [-0.2, -0.15) is 0 Å². The van der Waals surface area contributed by atoms with Crippen molar-refractivity contribution in [3.05, 3.63) is 0 Å². The molecule has 1 saturated heterocycles. The van der Waals surface area contributed by atoms with E-state index in [1.165, 1.54) is 0 Å². The van der Waals surface area contributed by atoms with E-state index in [9.17, 15) is 0 Å². The molecular formula is C13H28N2O2. The van der Waals surface area contributed by atoms with Gasteiger partial charge in [0.1, 0.15) is 0 Å². The fourth-order valence-corrected chi connectivity index (χ4v) is 2.33. The van der Waals surface area contributed by atoms with Gasteiger partial charge in [-0.3, -0.25) is 0 Å². The molecule has 17 heavy (non-hydrogen) atoms. The Morgan fingerprint density at radius 3 is 2.82 bits per heavy atom. The van der Waals surface area contributed by atoms with Crippen molar-refractivity contribution in [3.8, 4) is 0 Å². The minimum Gasteiger partial charge on any atom is -0.383 e. The summed E-state index contributed by atoms with van der Waals surface area (Å²) in [7, 11) is 1.75. The molecule has 4 nitrogen and oxygen atoms in total. The predicted molar refractivity (Wildman–Crippen MR) is 70.1 cm³/mol. The van der Waals surface area contributed by atoms with Gasteiger partial charge in [0.25, 0.3) is 0 Å². The van der Waals surface area contributed by atoms with Crippen LogP contribution in [0.2, 0.25) is 0 Å². The Morgan fingerprint density at radius 2 is 2.24 bits per heavy atom. The van der Waals surface area contributed by atoms with Gasteiger partial charge in [0.05, 0.1) is 13.2 Å². The Hall–Kier alpha value is -0.160. The van der Waals surface area contributed by atoms with Crippen molar-refractivity contribution in [2.75, 3.05) is 46.6 Å². The van der Waals surface area contributed by atoms with Crippen LogP contribution in [0.5, 0.6) is 0 Å². The van der Waals surface area contributed by atoms with Gasteiger partial charge >= 0.3 is 0 Å². The van der Waals surface area contributed by atoms with Crippen molar-refractivity contribution < 1.29 is 9.47 Å². The summed E-state index contributed by atoms with van der Waals surface area (Å²) in [5.74, 6) is 1.15. The topological polar surface area (TPSA) is 47.7 Å². The lowest BCUT2D eigenvalue weighted by atomic mass is 9.96. The number of ether oxygens (including phenoxy) is 2. The summed E-state index contributed by atoms with van der Waals surface area (Å²) in [6.07, 6.45) is 0.991. The molecule has 1 heterocycles. The molecule has 0 aliphatic carbocycles. The molecule has 0 spiro atoms.